The van der Waals surface area contributed by atoms with Gasteiger partial charge in [-0.1, -0.05) is 47.6 Å². The number of anilines is 1. The molecule has 5 heteroatoms. The van der Waals surface area contributed by atoms with Crippen LogP contribution in [0.25, 0.3) is 22.2 Å². The first-order chi connectivity index (χ1) is 14.3. The number of pyridine rings is 1. The van der Waals surface area contributed by atoms with Gasteiger partial charge in [-0.3, -0.25) is 0 Å². The summed E-state index contributed by atoms with van der Waals surface area (Å²) in [5.74, 6) is 1.06. The molecule has 0 spiro atoms. The lowest BCUT2D eigenvalue weighted by Gasteiger charge is -2.19. The van der Waals surface area contributed by atoms with Gasteiger partial charge in [0.2, 0.25) is 0 Å². The lowest BCUT2D eigenvalue weighted by atomic mass is 9.94. The molecule has 1 aliphatic heterocycles. The second kappa shape index (κ2) is 7.68. The Hall–Kier alpha value is -3.18. The van der Waals surface area contributed by atoms with Gasteiger partial charge in [0.25, 0.3) is 0 Å². The number of benzene rings is 2. The Balaban J connectivity index is 1.45. The maximum atomic E-state index is 6.67. The Morgan fingerprint density at radius 2 is 1.72 bits per heavy atom. The van der Waals surface area contributed by atoms with Gasteiger partial charge >= 0.3 is 0 Å². The van der Waals surface area contributed by atoms with Crippen molar-refractivity contribution in [3.63, 3.8) is 0 Å². The molecule has 2 aromatic carbocycles. The zero-order valence-corrected chi connectivity index (χ0v) is 16.3. The second-order valence-electron chi connectivity index (χ2n) is 7.61. The SMILES string of the molecule is N[C@@H](Cc1cccc(N2CCCC2)n1)c1ccccc1-c1noc2ccccc12. The zero-order valence-electron chi connectivity index (χ0n) is 16.3. The highest BCUT2D eigenvalue weighted by Gasteiger charge is 2.19. The highest BCUT2D eigenvalue weighted by atomic mass is 16.5. The molecule has 1 atom stereocenters. The summed E-state index contributed by atoms with van der Waals surface area (Å²) < 4.78 is 5.52. The molecule has 0 unspecified atom stereocenters. The van der Waals surface area contributed by atoms with E-state index < -0.39 is 0 Å². The number of aromatic nitrogens is 2. The molecule has 0 saturated carbocycles. The fourth-order valence-corrected chi connectivity index (χ4v) is 4.15. The van der Waals surface area contributed by atoms with Crippen LogP contribution in [-0.4, -0.2) is 23.2 Å². The highest BCUT2D eigenvalue weighted by Crippen LogP contribution is 2.33. The van der Waals surface area contributed by atoms with E-state index in [4.69, 9.17) is 15.2 Å². The van der Waals surface area contributed by atoms with E-state index in [0.717, 1.165) is 52.4 Å². The van der Waals surface area contributed by atoms with Crippen LogP contribution >= 0.6 is 0 Å². The average molecular weight is 384 g/mol. The van der Waals surface area contributed by atoms with Crippen molar-refractivity contribution in [1.29, 1.82) is 0 Å². The molecular formula is C24H24N4O. The van der Waals surface area contributed by atoms with Gasteiger partial charge < -0.3 is 15.2 Å². The largest absolute Gasteiger partial charge is 0.357 e. The minimum Gasteiger partial charge on any atom is -0.357 e. The molecule has 2 N–H and O–H groups in total. The maximum absolute atomic E-state index is 6.67. The summed E-state index contributed by atoms with van der Waals surface area (Å²) in [7, 11) is 0. The number of nitrogens with two attached hydrogens (primary N) is 1. The van der Waals surface area contributed by atoms with Gasteiger partial charge in [0.15, 0.2) is 5.58 Å². The van der Waals surface area contributed by atoms with E-state index in [0.29, 0.717) is 6.42 Å². The fraction of sp³-hybridized carbons (Fsp3) is 0.250. The van der Waals surface area contributed by atoms with Crippen LogP contribution in [0.4, 0.5) is 5.82 Å². The van der Waals surface area contributed by atoms with E-state index >= 15 is 0 Å². The van der Waals surface area contributed by atoms with Crippen molar-refractivity contribution in [3.05, 3.63) is 78.0 Å². The molecule has 5 nitrogen and oxygen atoms in total. The Morgan fingerprint density at radius 3 is 2.62 bits per heavy atom. The van der Waals surface area contributed by atoms with Crippen molar-refractivity contribution in [2.45, 2.75) is 25.3 Å². The van der Waals surface area contributed by atoms with Gasteiger partial charge in [0.1, 0.15) is 11.5 Å². The Kier molecular flexibility index (Phi) is 4.74. The fourth-order valence-electron chi connectivity index (χ4n) is 4.15. The van der Waals surface area contributed by atoms with E-state index in [-0.39, 0.29) is 6.04 Å². The summed E-state index contributed by atoms with van der Waals surface area (Å²) in [5, 5.41) is 5.33. The smallest absolute Gasteiger partial charge is 0.167 e. The molecule has 0 radical (unpaired) electrons. The van der Waals surface area contributed by atoms with Crippen LogP contribution in [0.1, 0.15) is 30.1 Å². The number of rotatable bonds is 5. The average Bonchev–Trinajstić information content (AvgIpc) is 3.44. The van der Waals surface area contributed by atoms with Crippen LogP contribution in [-0.2, 0) is 6.42 Å². The Morgan fingerprint density at radius 1 is 0.931 bits per heavy atom. The van der Waals surface area contributed by atoms with E-state index in [9.17, 15) is 0 Å². The minimum absolute atomic E-state index is 0.178. The third kappa shape index (κ3) is 3.49. The minimum atomic E-state index is -0.178. The van der Waals surface area contributed by atoms with Gasteiger partial charge in [-0.2, -0.15) is 0 Å². The van der Waals surface area contributed by atoms with E-state index in [2.05, 4.69) is 40.4 Å². The molecule has 29 heavy (non-hydrogen) atoms. The quantitative estimate of drug-likeness (QED) is 0.539. The number of fused-ring (bicyclic) bond motifs is 1. The number of hydrogen-bond donors (Lipinski definition) is 1. The van der Waals surface area contributed by atoms with Crippen molar-refractivity contribution in [3.8, 4) is 11.3 Å². The Labute approximate surface area is 170 Å². The molecule has 1 saturated heterocycles. The van der Waals surface area contributed by atoms with E-state index in [1.807, 2.05) is 36.4 Å². The molecule has 146 valence electrons. The summed E-state index contributed by atoms with van der Waals surface area (Å²) in [5.41, 5.74) is 11.4. The lowest BCUT2D eigenvalue weighted by molar-refractivity contribution is 0.459. The molecule has 1 fully saturated rings. The van der Waals surface area contributed by atoms with E-state index in [1.165, 1.54) is 12.8 Å². The summed E-state index contributed by atoms with van der Waals surface area (Å²) in [4.78, 5) is 7.23. The van der Waals surface area contributed by atoms with Gasteiger partial charge in [0, 0.05) is 42.2 Å². The standard InChI is InChI=1S/C24H24N4O/c25-21(16-17-8-7-13-23(26-17)28-14-5-6-15-28)18-9-1-2-10-19(18)24-20-11-3-4-12-22(20)29-27-24/h1-4,7-13,21H,5-6,14-16,25H2/t21-/m0/s1. The molecule has 4 aromatic rings. The normalized spacial score (nSPS) is 15.1. The topological polar surface area (TPSA) is 68.2 Å². The predicted octanol–water partition coefficient (Wildman–Crippen LogP) is 4.73. The van der Waals surface area contributed by atoms with Crippen molar-refractivity contribution in [2.75, 3.05) is 18.0 Å². The summed E-state index contributed by atoms with van der Waals surface area (Å²) >= 11 is 0. The van der Waals surface area contributed by atoms with Gasteiger partial charge in [-0.05, 0) is 42.7 Å². The van der Waals surface area contributed by atoms with Crippen molar-refractivity contribution in [2.24, 2.45) is 5.73 Å². The molecule has 0 amide bonds. The van der Waals surface area contributed by atoms with Crippen LogP contribution in [0.2, 0.25) is 0 Å². The maximum Gasteiger partial charge on any atom is 0.167 e. The van der Waals surface area contributed by atoms with Crippen molar-refractivity contribution >= 4 is 16.8 Å². The molecule has 1 aliphatic rings. The van der Waals surface area contributed by atoms with Crippen LogP contribution in [0.5, 0.6) is 0 Å². The van der Waals surface area contributed by atoms with Crippen LogP contribution < -0.4 is 10.6 Å². The molecule has 0 aliphatic carbocycles. The monoisotopic (exact) mass is 384 g/mol. The first-order valence-electron chi connectivity index (χ1n) is 10.2. The number of para-hydroxylation sites is 1. The first kappa shape index (κ1) is 17.9. The van der Waals surface area contributed by atoms with Crippen molar-refractivity contribution in [1.82, 2.24) is 10.1 Å². The second-order valence-corrected chi connectivity index (χ2v) is 7.61. The van der Waals surface area contributed by atoms with Crippen LogP contribution in [0, 0.1) is 0 Å². The molecular weight excluding hydrogens is 360 g/mol. The summed E-state index contributed by atoms with van der Waals surface area (Å²) in [6, 6.07) is 22.2. The van der Waals surface area contributed by atoms with Gasteiger partial charge in [-0.25, -0.2) is 4.98 Å². The summed E-state index contributed by atoms with van der Waals surface area (Å²) in [6.07, 6.45) is 3.16. The Bertz CT molecular complexity index is 1130. The van der Waals surface area contributed by atoms with Crippen LogP contribution in [0.15, 0.2) is 71.3 Å². The van der Waals surface area contributed by atoms with Gasteiger partial charge in [0.05, 0.1) is 0 Å². The molecule has 3 heterocycles. The number of nitrogens with zero attached hydrogens (tertiary/aromatic N) is 3. The number of hydrogen-bond acceptors (Lipinski definition) is 5. The zero-order chi connectivity index (χ0) is 19.6. The molecule has 2 aromatic heterocycles. The summed E-state index contributed by atoms with van der Waals surface area (Å²) in [6.45, 7) is 2.18. The third-order valence-electron chi connectivity index (χ3n) is 5.64. The van der Waals surface area contributed by atoms with Crippen LogP contribution in [0.3, 0.4) is 0 Å². The van der Waals surface area contributed by atoms with E-state index in [1.54, 1.807) is 0 Å². The predicted molar refractivity (Wildman–Crippen MR) is 116 cm³/mol. The third-order valence-corrected chi connectivity index (χ3v) is 5.64. The lowest BCUT2D eigenvalue weighted by Crippen LogP contribution is -2.20. The highest BCUT2D eigenvalue weighted by molar-refractivity contribution is 5.92. The molecule has 5 rings (SSSR count). The van der Waals surface area contributed by atoms with Gasteiger partial charge in [-0.15, -0.1) is 0 Å². The van der Waals surface area contributed by atoms with Crippen molar-refractivity contribution < 1.29 is 4.52 Å². The first-order valence-corrected chi connectivity index (χ1v) is 10.2. The molecule has 0 bridgehead atoms.